The summed E-state index contributed by atoms with van der Waals surface area (Å²) in [6.45, 7) is 0. The Bertz CT molecular complexity index is 2730. The van der Waals surface area contributed by atoms with Gasteiger partial charge in [0.15, 0.2) is 0 Å². The van der Waals surface area contributed by atoms with Crippen molar-refractivity contribution in [3.05, 3.63) is 170 Å². The summed E-state index contributed by atoms with van der Waals surface area (Å²) in [5, 5.41) is 9.36. The fourth-order valence-corrected chi connectivity index (χ4v) is 7.42. The van der Waals surface area contributed by atoms with Crippen LogP contribution in [0.1, 0.15) is 0 Å². The Labute approximate surface area is 271 Å². The van der Waals surface area contributed by atoms with Gasteiger partial charge in [-0.2, -0.15) is 0 Å². The lowest BCUT2D eigenvalue weighted by molar-refractivity contribution is 0.673. The van der Waals surface area contributed by atoms with Crippen LogP contribution in [0.15, 0.2) is 174 Å². The van der Waals surface area contributed by atoms with Crippen LogP contribution in [0.4, 0.5) is 17.1 Å². The largest absolute Gasteiger partial charge is 0.455 e. The number of furan rings is 1. The topological polar surface area (TPSA) is 21.3 Å². The zero-order valence-corrected chi connectivity index (χ0v) is 25.5. The molecule has 3 nitrogen and oxygen atoms in total. The first kappa shape index (κ1) is 26.0. The van der Waals surface area contributed by atoms with E-state index in [0.29, 0.717) is 0 Å². The molecule has 8 aromatic carbocycles. The Kier molecular flexibility index (Phi) is 5.57. The molecule has 220 valence electrons. The predicted molar refractivity (Wildman–Crippen MR) is 198 cm³/mol. The summed E-state index contributed by atoms with van der Waals surface area (Å²) < 4.78 is 9.23. The number of fused-ring (bicyclic) bond motifs is 9. The van der Waals surface area contributed by atoms with Crippen LogP contribution in [0.25, 0.3) is 71.0 Å². The van der Waals surface area contributed by atoms with Gasteiger partial charge in [-0.05, 0) is 88.3 Å². The predicted octanol–water partition coefficient (Wildman–Crippen LogP) is 12.5. The SMILES string of the molecule is c1ccc(-n2c3ccccc3c3c4oc5cccc(N(c6ccc7ccccc7c6)c6ccc7ccccc7c6)c5c4ccc32)cc1. The zero-order chi connectivity index (χ0) is 30.9. The Balaban J connectivity index is 1.29. The Morgan fingerprint density at radius 3 is 1.79 bits per heavy atom. The first-order valence-corrected chi connectivity index (χ1v) is 16.0. The number of nitrogens with zero attached hydrogens (tertiary/aromatic N) is 2. The smallest absolute Gasteiger partial charge is 0.145 e. The van der Waals surface area contributed by atoms with Gasteiger partial charge in [-0.25, -0.2) is 0 Å². The molecule has 0 bridgehead atoms. The van der Waals surface area contributed by atoms with Gasteiger partial charge < -0.3 is 13.9 Å². The van der Waals surface area contributed by atoms with Gasteiger partial charge >= 0.3 is 0 Å². The molecule has 0 radical (unpaired) electrons. The van der Waals surface area contributed by atoms with Crippen LogP contribution >= 0.6 is 0 Å². The molecule has 47 heavy (non-hydrogen) atoms. The lowest BCUT2D eigenvalue weighted by Crippen LogP contribution is -2.10. The third kappa shape index (κ3) is 3.93. The van der Waals surface area contributed by atoms with Gasteiger partial charge in [-0.1, -0.05) is 103 Å². The lowest BCUT2D eigenvalue weighted by atomic mass is 10.0. The number of para-hydroxylation sites is 2. The summed E-state index contributed by atoms with van der Waals surface area (Å²) >= 11 is 0. The summed E-state index contributed by atoms with van der Waals surface area (Å²) in [4.78, 5) is 2.38. The number of benzene rings is 8. The molecule has 0 aliphatic heterocycles. The molecule has 2 aromatic heterocycles. The highest BCUT2D eigenvalue weighted by molar-refractivity contribution is 6.26. The van der Waals surface area contributed by atoms with Gasteiger partial charge in [0.05, 0.1) is 27.5 Å². The van der Waals surface area contributed by atoms with Gasteiger partial charge in [0.25, 0.3) is 0 Å². The third-order valence-electron chi connectivity index (χ3n) is 9.51. The van der Waals surface area contributed by atoms with E-state index in [1.54, 1.807) is 0 Å². The van der Waals surface area contributed by atoms with Crippen molar-refractivity contribution < 1.29 is 4.42 Å². The van der Waals surface area contributed by atoms with Crippen molar-refractivity contribution in [1.29, 1.82) is 0 Å². The summed E-state index contributed by atoms with van der Waals surface area (Å²) in [6.07, 6.45) is 0. The maximum absolute atomic E-state index is 6.89. The minimum atomic E-state index is 0.869. The van der Waals surface area contributed by atoms with Gasteiger partial charge in [0, 0.05) is 27.8 Å². The molecule has 0 amide bonds. The van der Waals surface area contributed by atoms with Gasteiger partial charge in [-0.15, -0.1) is 0 Å². The second kappa shape index (κ2) is 10.1. The van der Waals surface area contributed by atoms with Crippen LogP contribution in [0.5, 0.6) is 0 Å². The minimum Gasteiger partial charge on any atom is -0.455 e. The normalized spacial score (nSPS) is 11.8. The van der Waals surface area contributed by atoms with Crippen LogP contribution < -0.4 is 4.90 Å². The molecule has 0 saturated carbocycles. The van der Waals surface area contributed by atoms with E-state index < -0.39 is 0 Å². The van der Waals surface area contributed by atoms with Crippen LogP contribution in [-0.2, 0) is 0 Å². The fourth-order valence-electron chi connectivity index (χ4n) is 7.42. The Hall–Kier alpha value is -6.32. The highest BCUT2D eigenvalue weighted by atomic mass is 16.3. The van der Waals surface area contributed by atoms with E-state index >= 15 is 0 Å². The molecule has 10 rings (SSSR count). The molecule has 3 heteroatoms. The van der Waals surface area contributed by atoms with Crippen molar-refractivity contribution in [1.82, 2.24) is 4.57 Å². The van der Waals surface area contributed by atoms with Gasteiger partial charge in [0.1, 0.15) is 11.2 Å². The molecule has 10 aromatic rings. The number of aromatic nitrogens is 1. The van der Waals surface area contributed by atoms with Crippen LogP contribution in [0.3, 0.4) is 0 Å². The number of hydrogen-bond acceptors (Lipinski definition) is 2. The molecule has 0 unspecified atom stereocenters. The third-order valence-corrected chi connectivity index (χ3v) is 9.51. The molecule has 0 spiro atoms. The Morgan fingerprint density at radius 1 is 0.426 bits per heavy atom. The van der Waals surface area contributed by atoms with E-state index in [-0.39, 0.29) is 0 Å². The van der Waals surface area contributed by atoms with E-state index in [9.17, 15) is 0 Å². The highest BCUT2D eigenvalue weighted by Gasteiger charge is 2.23. The van der Waals surface area contributed by atoms with E-state index in [4.69, 9.17) is 4.42 Å². The molecular weight excluding hydrogens is 572 g/mol. The first-order valence-electron chi connectivity index (χ1n) is 16.0. The van der Waals surface area contributed by atoms with Crippen molar-refractivity contribution in [2.75, 3.05) is 4.90 Å². The molecule has 0 saturated heterocycles. The monoisotopic (exact) mass is 600 g/mol. The second-order valence-corrected chi connectivity index (χ2v) is 12.2. The van der Waals surface area contributed by atoms with Crippen molar-refractivity contribution in [2.45, 2.75) is 0 Å². The molecule has 0 atom stereocenters. The molecule has 0 aliphatic carbocycles. The molecular formula is C44H28N2O. The van der Waals surface area contributed by atoms with Gasteiger partial charge in [-0.3, -0.25) is 0 Å². The summed E-state index contributed by atoms with van der Waals surface area (Å²) in [5.74, 6) is 0. The fraction of sp³-hybridized carbons (Fsp3) is 0. The number of rotatable bonds is 4. The van der Waals surface area contributed by atoms with Crippen molar-refractivity contribution in [3.8, 4) is 5.69 Å². The van der Waals surface area contributed by atoms with E-state index in [0.717, 1.165) is 61.1 Å². The van der Waals surface area contributed by atoms with Crippen molar-refractivity contribution >= 4 is 82.4 Å². The summed E-state index contributed by atoms with van der Waals surface area (Å²) in [7, 11) is 0. The number of hydrogen-bond donors (Lipinski definition) is 0. The van der Waals surface area contributed by atoms with Crippen LogP contribution in [-0.4, -0.2) is 4.57 Å². The second-order valence-electron chi connectivity index (χ2n) is 12.2. The van der Waals surface area contributed by atoms with E-state index in [1.807, 2.05) is 0 Å². The molecule has 0 aliphatic rings. The lowest BCUT2D eigenvalue weighted by Gasteiger charge is -2.27. The molecule has 0 N–H and O–H groups in total. The van der Waals surface area contributed by atoms with E-state index in [2.05, 4.69) is 179 Å². The maximum atomic E-state index is 6.89. The first-order chi connectivity index (χ1) is 23.3. The standard InChI is InChI=1S/C44H28N2O/c1-2-15-33(16-3-1)46-38-18-9-8-17-36(38)43-40(46)26-25-37-42-39(19-10-20-41(42)47-44(37)43)45(34-23-21-29-11-4-6-13-31(29)27-34)35-24-22-30-12-5-7-14-32(30)28-35/h1-28H. The highest BCUT2D eigenvalue weighted by Crippen LogP contribution is 2.46. The quantitative estimate of drug-likeness (QED) is 0.200. The van der Waals surface area contributed by atoms with Crippen LogP contribution in [0, 0.1) is 0 Å². The Morgan fingerprint density at radius 2 is 1.06 bits per heavy atom. The average molecular weight is 601 g/mol. The van der Waals surface area contributed by atoms with E-state index in [1.165, 1.54) is 26.9 Å². The minimum absolute atomic E-state index is 0.869. The average Bonchev–Trinajstić information content (AvgIpc) is 3.68. The van der Waals surface area contributed by atoms with Gasteiger partial charge in [0.2, 0.25) is 0 Å². The van der Waals surface area contributed by atoms with Crippen molar-refractivity contribution in [3.63, 3.8) is 0 Å². The number of anilines is 3. The maximum Gasteiger partial charge on any atom is 0.145 e. The molecule has 2 heterocycles. The zero-order valence-electron chi connectivity index (χ0n) is 25.5. The molecule has 0 fully saturated rings. The van der Waals surface area contributed by atoms with Crippen LogP contribution in [0.2, 0.25) is 0 Å². The summed E-state index contributed by atoms with van der Waals surface area (Å²) in [6, 6.07) is 60.7. The van der Waals surface area contributed by atoms with Crippen molar-refractivity contribution in [2.24, 2.45) is 0 Å². The summed E-state index contributed by atoms with van der Waals surface area (Å²) in [5.41, 5.74) is 8.49.